The van der Waals surface area contributed by atoms with E-state index in [1.807, 2.05) is 32.0 Å². The van der Waals surface area contributed by atoms with Gasteiger partial charge in [-0.05, 0) is 44.2 Å². The zero-order valence-corrected chi connectivity index (χ0v) is 12.3. The third-order valence-electron chi connectivity index (χ3n) is 2.74. The molecule has 0 radical (unpaired) electrons. The quantitative estimate of drug-likeness (QED) is 0.846. The number of pyridine rings is 1. The standard InChI is InChI=1S/C14H14ClN3S/c1-8-3-6-12(9(2)17-8)18-13-7-10(15)4-5-11(13)14(16)19/h3-7,18H,1-2H3,(H2,16,19). The van der Waals surface area contributed by atoms with Crippen LogP contribution in [0.15, 0.2) is 30.3 Å². The van der Waals surface area contributed by atoms with Crippen LogP contribution in [0.25, 0.3) is 0 Å². The van der Waals surface area contributed by atoms with Crippen molar-refractivity contribution in [1.29, 1.82) is 0 Å². The lowest BCUT2D eigenvalue weighted by Gasteiger charge is -2.13. The van der Waals surface area contributed by atoms with Crippen molar-refractivity contribution in [3.8, 4) is 0 Å². The highest BCUT2D eigenvalue weighted by Gasteiger charge is 2.08. The number of hydrogen-bond donors (Lipinski definition) is 2. The average molecular weight is 292 g/mol. The smallest absolute Gasteiger partial charge is 0.106 e. The second-order valence-corrected chi connectivity index (χ2v) is 5.14. The molecule has 0 amide bonds. The highest BCUT2D eigenvalue weighted by Crippen LogP contribution is 2.26. The molecular formula is C14H14ClN3S. The highest BCUT2D eigenvalue weighted by atomic mass is 35.5. The van der Waals surface area contributed by atoms with E-state index >= 15 is 0 Å². The summed E-state index contributed by atoms with van der Waals surface area (Å²) in [5, 5.41) is 3.90. The van der Waals surface area contributed by atoms with E-state index in [-0.39, 0.29) is 0 Å². The molecule has 2 aromatic rings. The monoisotopic (exact) mass is 291 g/mol. The van der Waals surface area contributed by atoms with E-state index < -0.39 is 0 Å². The summed E-state index contributed by atoms with van der Waals surface area (Å²) in [7, 11) is 0. The SMILES string of the molecule is Cc1ccc(Nc2cc(Cl)ccc2C(N)=S)c(C)n1. The third-order valence-corrected chi connectivity index (χ3v) is 3.20. The molecule has 2 rings (SSSR count). The number of aryl methyl sites for hydroxylation is 2. The molecular weight excluding hydrogens is 278 g/mol. The molecule has 1 aromatic heterocycles. The first-order chi connectivity index (χ1) is 8.97. The Kier molecular flexibility index (Phi) is 4.02. The lowest BCUT2D eigenvalue weighted by atomic mass is 10.1. The second kappa shape index (κ2) is 5.55. The second-order valence-electron chi connectivity index (χ2n) is 4.26. The maximum absolute atomic E-state index is 6.01. The molecule has 0 saturated heterocycles. The fraction of sp³-hybridized carbons (Fsp3) is 0.143. The van der Waals surface area contributed by atoms with Gasteiger partial charge in [0.2, 0.25) is 0 Å². The molecule has 0 unspecified atom stereocenters. The van der Waals surface area contributed by atoms with Crippen molar-refractivity contribution in [2.75, 3.05) is 5.32 Å². The van der Waals surface area contributed by atoms with Crippen LogP contribution in [-0.4, -0.2) is 9.97 Å². The van der Waals surface area contributed by atoms with Crippen LogP contribution in [0.1, 0.15) is 17.0 Å². The number of nitrogens with two attached hydrogens (primary N) is 1. The largest absolute Gasteiger partial charge is 0.389 e. The predicted molar refractivity (Wildman–Crippen MR) is 84.3 cm³/mol. The Bertz CT molecular complexity index is 641. The lowest BCUT2D eigenvalue weighted by Crippen LogP contribution is -2.12. The van der Waals surface area contributed by atoms with Crippen molar-refractivity contribution < 1.29 is 0 Å². The van der Waals surface area contributed by atoms with Crippen molar-refractivity contribution in [2.45, 2.75) is 13.8 Å². The Hall–Kier alpha value is -1.65. The van der Waals surface area contributed by atoms with Gasteiger partial charge in [-0.3, -0.25) is 4.98 Å². The summed E-state index contributed by atoms with van der Waals surface area (Å²) < 4.78 is 0. The van der Waals surface area contributed by atoms with Crippen molar-refractivity contribution in [3.63, 3.8) is 0 Å². The first kappa shape index (κ1) is 13.8. The van der Waals surface area contributed by atoms with E-state index in [0.717, 1.165) is 28.3 Å². The number of rotatable bonds is 3. The number of nitrogens with one attached hydrogen (secondary N) is 1. The molecule has 0 aliphatic rings. The predicted octanol–water partition coefficient (Wildman–Crippen LogP) is 3.73. The van der Waals surface area contributed by atoms with Gasteiger partial charge in [-0.1, -0.05) is 23.8 Å². The van der Waals surface area contributed by atoms with Crippen LogP contribution in [-0.2, 0) is 0 Å². The van der Waals surface area contributed by atoms with Gasteiger partial charge >= 0.3 is 0 Å². The van der Waals surface area contributed by atoms with Gasteiger partial charge in [0, 0.05) is 16.3 Å². The normalized spacial score (nSPS) is 10.3. The molecule has 0 atom stereocenters. The third kappa shape index (κ3) is 3.22. The molecule has 0 aliphatic carbocycles. The maximum atomic E-state index is 6.01. The van der Waals surface area contributed by atoms with Gasteiger partial charge in [0.1, 0.15) is 4.99 Å². The van der Waals surface area contributed by atoms with E-state index in [1.165, 1.54) is 0 Å². The summed E-state index contributed by atoms with van der Waals surface area (Å²) in [6, 6.07) is 9.29. The van der Waals surface area contributed by atoms with Gasteiger partial charge in [0.25, 0.3) is 0 Å². The van der Waals surface area contributed by atoms with E-state index in [4.69, 9.17) is 29.6 Å². The zero-order chi connectivity index (χ0) is 14.0. The number of hydrogen-bond acceptors (Lipinski definition) is 3. The van der Waals surface area contributed by atoms with Gasteiger partial charge < -0.3 is 11.1 Å². The minimum atomic E-state index is 0.330. The average Bonchev–Trinajstić information content (AvgIpc) is 2.32. The number of thiocarbonyl (C=S) groups is 1. The van der Waals surface area contributed by atoms with Gasteiger partial charge in [-0.25, -0.2) is 0 Å². The summed E-state index contributed by atoms with van der Waals surface area (Å²) in [5.41, 5.74) is 10.1. The van der Waals surface area contributed by atoms with Gasteiger partial charge in [-0.15, -0.1) is 0 Å². The number of nitrogens with zero attached hydrogens (tertiary/aromatic N) is 1. The molecule has 1 aromatic carbocycles. The summed E-state index contributed by atoms with van der Waals surface area (Å²) in [6.07, 6.45) is 0. The first-order valence-corrected chi connectivity index (χ1v) is 6.56. The molecule has 3 N–H and O–H groups in total. The lowest BCUT2D eigenvalue weighted by molar-refractivity contribution is 1.12. The molecule has 3 nitrogen and oxygen atoms in total. The Morgan fingerprint density at radius 2 is 1.95 bits per heavy atom. The maximum Gasteiger partial charge on any atom is 0.106 e. The fourth-order valence-electron chi connectivity index (χ4n) is 1.80. The minimum absolute atomic E-state index is 0.330. The first-order valence-electron chi connectivity index (χ1n) is 5.78. The van der Waals surface area contributed by atoms with Crippen LogP contribution >= 0.6 is 23.8 Å². The Balaban J connectivity index is 2.42. The zero-order valence-electron chi connectivity index (χ0n) is 10.7. The fourth-order valence-corrected chi connectivity index (χ4v) is 2.15. The van der Waals surface area contributed by atoms with Crippen LogP contribution in [0.4, 0.5) is 11.4 Å². The summed E-state index contributed by atoms with van der Waals surface area (Å²) >= 11 is 11.1. The van der Waals surface area contributed by atoms with Crippen LogP contribution in [0.2, 0.25) is 5.02 Å². The number of anilines is 2. The molecule has 98 valence electrons. The number of halogens is 1. The van der Waals surface area contributed by atoms with E-state index in [9.17, 15) is 0 Å². The summed E-state index contributed by atoms with van der Waals surface area (Å²) in [4.78, 5) is 4.74. The summed E-state index contributed by atoms with van der Waals surface area (Å²) in [6.45, 7) is 3.90. The summed E-state index contributed by atoms with van der Waals surface area (Å²) in [5.74, 6) is 0. The van der Waals surface area contributed by atoms with Crippen molar-refractivity contribution >= 4 is 40.2 Å². The molecule has 0 aliphatic heterocycles. The van der Waals surface area contributed by atoms with Crippen LogP contribution in [0.5, 0.6) is 0 Å². The van der Waals surface area contributed by atoms with Crippen molar-refractivity contribution in [2.24, 2.45) is 5.73 Å². The van der Waals surface area contributed by atoms with Crippen molar-refractivity contribution in [3.05, 3.63) is 52.3 Å². The number of aromatic nitrogens is 1. The Morgan fingerprint density at radius 1 is 1.21 bits per heavy atom. The molecule has 0 spiro atoms. The van der Waals surface area contributed by atoms with Crippen molar-refractivity contribution in [1.82, 2.24) is 4.98 Å². The van der Waals surface area contributed by atoms with E-state index in [1.54, 1.807) is 12.1 Å². The number of benzene rings is 1. The van der Waals surface area contributed by atoms with E-state index in [0.29, 0.717) is 10.0 Å². The Labute approximate surface area is 122 Å². The molecule has 5 heteroatoms. The molecule has 0 fully saturated rings. The molecule has 0 saturated carbocycles. The van der Waals surface area contributed by atoms with E-state index in [2.05, 4.69) is 10.3 Å². The van der Waals surface area contributed by atoms with Crippen LogP contribution < -0.4 is 11.1 Å². The topological polar surface area (TPSA) is 50.9 Å². The molecule has 19 heavy (non-hydrogen) atoms. The molecule has 0 bridgehead atoms. The highest BCUT2D eigenvalue weighted by molar-refractivity contribution is 7.80. The minimum Gasteiger partial charge on any atom is -0.389 e. The van der Waals surface area contributed by atoms with Crippen LogP contribution in [0, 0.1) is 13.8 Å². The Morgan fingerprint density at radius 3 is 2.58 bits per heavy atom. The van der Waals surface area contributed by atoms with Gasteiger partial charge in [0.15, 0.2) is 0 Å². The van der Waals surface area contributed by atoms with Crippen LogP contribution in [0.3, 0.4) is 0 Å². The van der Waals surface area contributed by atoms with Gasteiger partial charge in [0.05, 0.1) is 17.1 Å². The van der Waals surface area contributed by atoms with Gasteiger partial charge in [-0.2, -0.15) is 0 Å². The molecule has 1 heterocycles.